The van der Waals surface area contributed by atoms with Crippen LogP contribution in [0.4, 0.5) is 13.2 Å². The molecule has 0 amide bonds. The molecule has 0 radical (unpaired) electrons. The van der Waals surface area contributed by atoms with Gasteiger partial charge in [0.15, 0.2) is 29.0 Å². The summed E-state index contributed by atoms with van der Waals surface area (Å²) in [4.78, 5) is -0.966. The van der Waals surface area contributed by atoms with Gasteiger partial charge in [-0.05, 0) is 24.3 Å². The van der Waals surface area contributed by atoms with Gasteiger partial charge in [-0.1, -0.05) is 0 Å². The molecule has 0 aromatic heterocycles. The Labute approximate surface area is 125 Å². The molecule has 0 aliphatic rings. The van der Waals surface area contributed by atoms with Gasteiger partial charge in [-0.3, -0.25) is 0 Å². The molecule has 0 saturated carbocycles. The summed E-state index contributed by atoms with van der Waals surface area (Å²) >= 11 is 0. The number of ether oxygens (including phenoxy) is 2. The maximum absolute atomic E-state index is 13.2. The molecule has 118 valence electrons. The van der Waals surface area contributed by atoms with E-state index in [1.165, 1.54) is 26.4 Å². The third-order valence-electron chi connectivity index (χ3n) is 2.93. The van der Waals surface area contributed by atoms with Crippen molar-refractivity contribution in [2.75, 3.05) is 14.2 Å². The Kier molecular flexibility index (Phi) is 4.32. The summed E-state index contributed by atoms with van der Waals surface area (Å²) < 4.78 is 74.1. The lowest BCUT2D eigenvalue weighted by Gasteiger charge is -2.10. The van der Waals surface area contributed by atoms with Crippen LogP contribution in [0.25, 0.3) is 0 Å². The van der Waals surface area contributed by atoms with Crippen molar-refractivity contribution < 1.29 is 31.1 Å². The highest BCUT2D eigenvalue weighted by atomic mass is 32.2. The van der Waals surface area contributed by atoms with Gasteiger partial charge < -0.3 is 9.47 Å². The summed E-state index contributed by atoms with van der Waals surface area (Å²) in [5.74, 6) is -4.48. The highest BCUT2D eigenvalue weighted by Gasteiger charge is 2.23. The predicted molar refractivity (Wildman–Crippen MR) is 71.3 cm³/mol. The van der Waals surface area contributed by atoms with Crippen molar-refractivity contribution in [2.24, 2.45) is 0 Å². The Morgan fingerprint density at radius 1 is 0.818 bits per heavy atom. The van der Waals surface area contributed by atoms with Crippen LogP contribution in [0.2, 0.25) is 0 Å². The summed E-state index contributed by atoms with van der Waals surface area (Å²) in [6.45, 7) is 0. The third kappa shape index (κ3) is 2.74. The lowest BCUT2D eigenvalue weighted by atomic mass is 10.3. The van der Waals surface area contributed by atoms with Gasteiger partial charge >= 0.3 is 0 Å². The fourth-order valence-electron chi connectivity index (χ4n) is 1.81. The van der Waals surface area contributed by atoms with Crippen molar-refractivity contribution in [3.8, 4) is 11.5 Å². The van der Waals surface area contributed by atoms with E-state index in [0.29, 0.717) is 12.1 Å². The van der Waals surface area contributed by atoms with E-state index in [4.69, 9.17) is 9.47 Å². The average Bonchev–Trinajstić information content (AvgIpc) is 2.51. The molecule has 4 nitrogen and oxygen atoms in total. The van der Waals surface area contributed by atoms with Crippen LogP contribution >= 0.6 is 0 Å². The molecule has 0 bridgehead atoms. The fourth-order valence-corrected chi connectivity index (χ4v) is 3.11. The van der Waals surface area contributed by atoms with Crippen LogP contribution in [-0.2, 0) is 9.84 Å². The van der Waals surface area contributed by atoms with Gasteiger partial charge in [0.2, 0.25) is 9.84 Å². The number of methoxy groups -OCH3 is 2. The van der Waals surface area contributed by atoms with Gasteiger partial charge in [-0.15, -0.1) is 0 Å². The normalized spacial score (nSPS) is 11.3. The maximum atomic E-state index is 13.2. The van der Waals surface area contributed by atoms with Gasteiger partial charge in [-0.2, -0.15) is 0 Å². The summed E-state index contributed by atoms with van der Waals surface area (Å²) in [6.07, 6.45) is 0. The average molecular weight is 332 g/mol. The summed E-state index contributed by atoms with van der Waals surface area (Å²) in [6, 6.07) is 4.51. The first-order valence-corrected chi connectivity index (χ1v) is 7.41. The second-order valence-corrected chi connectivity index (χ2v) is 6.17. The number of hydrogen-bond acceptors (Lipinski definition) is 4. The monoisotopic (exact) mass is 332 g/mol. The molecule has 0 atom stereocenters. The molecular formula is C14H11F3O4S. The highest BCUT2D eigenvalue weighted by molar-refractivity contribution is 7.91. The van der Waals surface area contributed by atoms with E-state index in [-0.39, 0.29) is 16.4 Å². The number of rotatable bonds is 4. The molecule has 2 aromatic rings. The van der Waals surface area contributed by atoms with Gasteiger partial charge in [-0.25, -0.2) is 21.6 Å². The highest BCUT2D eigenvalue weighted by Crippen LogP contribution is 2.32. The van der Waals surface area contributed by atoms with Crippen molar-refractivity contribution in [3.05, 3.63) is 47.8 Å². The van der Waals surface area contributed by atoms with Crippen molar-refractivity contribution in [1.82, 2.24) is 0 Å². The van der Waals surface area contributed by atoms with Crippen LogP contribution in [-0.4, -0.2) is 22.6 Å². The molecule has 0 aliphatic carbocycles. The predicted octanol–water partition coefficient (Wildman–Crippen LogP) is 2.95. The van der Waals surface area contributed by atoms with Crippen molar-refractivity contribution in [1.29, 1.82) is 0 Å². The zero-order valence-electron chi connectivity index (χ0n) is 11.6. The minimum atomic E-state index is -4.24. The minimum Gasteiger partial charge on any atom is -0.493 e. The summed E-state index contributed by atoms with van der Waals surface area (Å²) in [5.41, 5.74) is 0. The molecule has 2 rings (SSSR count). The van der Waals surface area contributed by atoms with E-state index in [0.717, 1.165) is 6.07 Å². The molecule has 0 fully saturated rings. The first kappa shape index (κ1) is 16.2. The third-order valence-corrected chi connectivity index (χ3v) is 4.66. The summed E-state index contributed by atoms with van der Waals surface area (Å²) in [7, 11) is -1.56. The Balaban J connectivity index is 2.60. The quantitative estimate of drug-likeness (QED) is 0.638. The van der Waals surface area contributed by atoms with E-state index in [9.17, 15) is 21.6 Å². The fraction of sp³-hybridized carbons (Fsp3) is 0.143. The Morgan fingerprint density at radius 3 is 1.86 bits per heavy atom. The smallest absolute Gasteiger partial charge is 0.206 e. The molecule has 2 aromatic carbocycles. The SMILES string of the molecule is COc1ccc(S(=O)(=O)c2cc(F)c(F)c(F)c2)cc1OC. The van der Waals surface area contributed by atoms with Gasteiger partial charge in [0.25, 0.3) is 0 Å². The lowest BCUT2D eigenvalue weighted by Crippen LogP contribution is -2.05. The first-order chi connectivity index (χ1) is 10.3. The molecule has 22 heavy (non-hydrogen) atoms. The van der Waals surface area contributed by atoms with Crippen molar-refractivity contribution in [3.63, 3.8) is 0 Å². The van der Waals surface area contributed by atoms with E-state index in [1.807, 2.05) is 0 Å². The Morgan fingerprint density at radius 2 is 1.36 bits per heavy atom. The van der Waals surface area contributed by atoms with Crippen LogP contribution < -0.4 is 9.47 Å². The molecular weight excluding hydrogens is 321 g/mol. The second-order valence-electron chi connectivity index (χ2n) is 4.22. The van der Waals surface area contributed by atoms with E-state index < -0.39 is 32.2 Å². The van der Waals surface area contributed by atoms with Crippen molar-refractivity contribution in [2.45, 2.75) is 9.79 Å². The van der Waals surface area contributed by atoms with E-state index >= 15 is 0 Å². The zero-order valence-corrected chi connectivity index (χ0v) is 12.4. The van der Waals surface area contributed by atoms with Crippen LogP contribution in [0, 0.1) is 17.5 Å². The van der Waals surface area contributed by atoms with E-state index in [1.54, 1.807) is 0 Å². The number of halogens is 3. The molecule has 0 heterocycles. The zero-order chi connectivity index (χ0) is 16.5. The Bertz CT molecular complexity index is 796. The maximum Gasteiger partial charge on any atom is 0.206 e. The second kappa shape index (κ2) is 5.88. The largest absolute Gasteiger partial charge is 0.493 e. The minimum absolute atomic E-state index is 0.131. The van der Waals surface area contributed by atoms with Gasteiger partial charge in [0.05, 0.1) is 24.0 Å². The molecule has 8 heteroatoms. The lowest BCUT2D eigenvalue weighted by molar-refractivity contribution is 0.354. The van der Waals surface area contributed by atoms with Crippen LogP contribution in [0.5, 0.6) is 11.5 Å². The van der Waals surface area contributed by atoms with E-state index in [2.05, 4.69) is 0 Å². The number of hydrogen-bond donors (Lipinski definition) is 0. The standard InChI is InChI=1S/C14H11F3O4S/c1-20-12-4-3-8(7-13(12)21-2)22(18,19)9-5-10(15)14(17)11(16)6-9/h3-7H,1-2H3. The number of benzene rings is 2. The van der Waals surface area contributed by atoms with Crippen LogP contribution in [0.15, 0.2) is 40.1 Å². The topological polar surface area (TPSA) is 52.6 Å². The molecule has 0 N–H and O–H groups in total. The van der Waals surface area contributed by atoms with Gasteiger partial charge in [0, 0.05) is 6.07 Å². The number of sulfone groups is 1. The molecule has 0 saturated heterocycles. The van der Waals surface area contributed by atoms with Crippen LogP contribution in [0.3, 0.4) is 0 Å². The Hall–Kier alpha value is -2.22. The molecule has 0 unspecified atom stereocenters. The van der Waals surface area contributed by atoms with Crippen molar-refractivity contribution >= 4 is 9.84 Å². The van der Waals surface area contributed by atoms with Crippen LogP contribution in [0.1, 0.15) is 0 Å². The van der Waals surface area contributed by atoms with Gasteiger partial charge in [0.1, 0.15) is 0 Å². The first-order valence-electron chi connectivity index (χ1n) is 5.93. The summed E-state index contributed by atoms with van der Waals surface area (Å²) in [5, 5.41) is 0. The molecule has 0 spiro atoms. The molecule has 0 aliphatic heterocycles.